The monoisotopic (exact) mass is 426 g/mol. The van der Waals surface area contributed by atoms with Gasteiger partial charge in [0.15, 0.2) is 2.52 Å². The molecule has 0 bridgehead atoms. The quantitative estimate of drug-likeness (QED) is 0.432. The van der Waals surface area contributed by atoms with Gasteiger partial charge in [-0.25, -0.2) is 0 Å². The van der Waals surface area contributed by atoms with Crippen molar-refractivity contribution < 1.29 is 18.1 Å². The summed E-state index contributed by atoms with van der Waals surface area (Å²) in [6.45, 7) is 0. The second-order valence-corrected chi connectivity index (χ2v) is 8.68. The summed E-state index contributed by atoms with van der Waals surface area (Å²) in [5.41, 5.74) is 0.303. The van der Waals surface area contributed by atoms with Crippen molar-refractivity contribution in [1.29, 1.82) is 0 Å². The van der Waals surface area contributed by atoms with Gasteiger partial charge in [0, 0.05) is 10.6 Å². The van der Waals surface area contributed by atoms with Crippen LogP contribution in [-0.4, -0.2) is 18.1 Å². The highest BCUT2D eigenvalue weighted by molar-refractivity contribution is 14.1. The third-order valence-electron chi connectivity index (χ3n) is 1.56. The molecule has 1 rings (SSSR count). The van der Waals surface area contributed by atoms with E-state index in [1.54, 1.807) is 22.6 Å². The lowest BCUT2D eigenvalue weighted by Gasteiger charge is -2.15. The van der Waals surface area contributed by atoms with Crippen molar-refractivity contribution in [2.24, 2.45) is 0 Å². The molecule has 15 heavy (non-hydrogen) atoms. The fourth-order valence-corrected chi connectivity index (χ4v) is 2.88. The summed E-state index contributed by atoms with van der Waals surface area (Å²) < 4.78 is 28.9. The zero-order valence-corrected chi connectivity index (χ0v) is 12.3. The van der Waals surface area contributed by atoms with Gasteiger partial charge in [0.2, 0.25) is 0 Å². The topological polar surface area (TPSA) is 74.6 Å². The largest absolute Gasteiger partial charge is 0.366 e. The number of aliphatic hydroxyl groups is 1. The Bertz CT molecular complexity index is 482. The molecule has 8 heteroatoms. The highest BCUT2D eigenvalue weighted by Gasteiger charge is 2.25. The summed E-state index contributed by atoms with van der Waals surface area (Å²) >= 11 is 10.4. The molecule has 1 aromatic carbocycles. The predicted molar refractivity (Wildman–Crippen MR) is 68.1 cm³/mol. The molecule has 0 spiro atoms. The molecule has 0 aliphatic heterocycles. The van der Waals surface area contributed by atoms with E-state index in [1.807, 2.05) is 0 Å². The zero-order chi connectivity index (χ0) is 11.9. The Hall–Kier alpha value is 0.590. The van der Waals surface area contributed by atoms with Crippen LogP contribution in [0.3, 0.4) is 0 Å². The molecule has 0 aliphatic rings. The Morgan fingerprint density at radius 3 is 2.33 bits per heavy atom. The van der Waals surface area contributed by atoms with Crippen LogP contribution in [0.15, 0.2) is 23.1 Å². The second-order valence-electron chi connectivity index (χ2n) is 2.66. The van der Waals surface area contributed by atoms with Crippen LogP contribution in [0.5, 0.6) is 0 Å². The third-order valence-corrected chi connectivity index (χ3v) is 3.73. The molecular weight excluding hydrogens is 422 g/mol. The Kier molecular flexibility index (Phi) is 4.06. The number of benzene rings is 1. The van der Waals surface area contributed by atoms with Crippen LogP contribution in [0, 0.1) is 0 Å². The van der Waals surface area contributed by atoms with Crippen LogP contribution < -0.4 is 0 Å². The number of hydrogen-bond donors (Lipinski definition) is 2. The first-order valence-electron chi connectivity index (χ1n) is 3.50. The molecule has 0 heterocycles. The van der Waals surface area contributed by atoms with Crippen LogP contribution in [0.2, 0.25) is 5.02 Å². The van der Waals surface area contributed by atoms with Gasteiger partial charge in [-0.2, -0.15) is 8.42 Å². The lowest BCUT2D eigenvalue weighted by atomic mass is 10.2. The fourth-order valence-electron chi connectivity index (χ4n) is 0.900. The van der Waals surface area contributed by atoms with Gasteiger partial charge in [0.05, 0.1) is 4.90 Å². The Morgan fingerprint density at radius 1 is 1.47 bits per heavy atom. The summed E-state index contributed by atoms with van der Waals surface area (Å²) in [5, 5.41) is 9.61. The van der Waals surface area contributed by atoms with Gasteiger partial charge in [0.25, 0.3) is 10.1 Å². The van der Waals surface area contributed by atoms with Crippen molar-refractivity contribution in [1.82, 2.24) is 0 Å². The lowest BCUT2D eigenvalue weighted by Crippen LogP contribution is -2.08. The highest BCUT2D eigenvalue weighted by atomic mass is 127. The molecule has 0 fully saturated rings. The summed E-state index contributed by atoms with van der Waals surface area (Å²) in [6.07, 6.45) is 0. The summed E-state index contributed by atoms with van der Waals surface area (Å²) in [6, 6.07) is 3.53. The molecule has 0 amide bonds. The van der Waals surface area contributed by atoms with Crippen LogP contribution in [0.1, 0.15) is 5.56 Å². The number of halogens is 3. The van der Waals surface area contributed by atoms with Crippen LogP contribution in [0.25, 0.3) is 0 Å². The van der Waals surface area contributed by atoms with E-state index in [2.05, 4.69) is 15.9 Å². The van der Waals surface area contributed by atoms with E-state index in [4.69, 9.17) is 16.2 Å². The Balaban J connectivity index is 3.34. The highest BCUT2D eigenvalue weighted by Crippen LogP contribution is 2.39. The van der Waals surface area contributed by atoms with Crippen molar-refractivity contribution in [2.75, 3.05) is 0 Å². The molecule has 1 aromatic rings. The minimum Gasteiger partial charge on any atom is -0.366 e. The first kappa shape index (κ1) is 13.7. The summed E-state index contributed by atoms with van der Waals surface area (Å²) in [5.74, 6) is 0. The second kappa shape index (κ2) is 4.46. The number of rotatable bonds is 2. The minimum atomic E-state index is -4.27. The SMILES string of the molecule is O=S(=O)(O)c1ccc(C(O)(Br)I)c(Cl)c1. The standard InChI is InChI=1S/C7H5BrClIO4S/c8-7(10,11)5-2-1-4(3-6(5)9)15(12,13)14/h1-3,11H,(H,12,13,14). The van der Waals surface area contributed by atoms with E-state index in [9.17, 15) is 13.5 Å². The van der Waals surface area contributed by atoms with E-state index < -0.39 is 12.6 Å². The fraction of sp³-hybridized carbons (Fsp3) is 0.143. The van der Waals surface area contributed by atoms with E-state index >= 15 is 0 Å². The molecule has 0 aromatic heterocycles. The van der Waals surface area contributed by atoms with E-state index in [0.717, 1.165) is 12.1 Å². The Labute approximate surface area is 114 Å². The van der Waals surface area contributed by atoms with Gasteiger partial charge in [-0.1, -0.05) is 17.7 Å². The molecule has 0 aliphatic carbocycles. The van der Waals surface area contributed by atoms with Gasteiger partial charge < -0.3 is 5.11 Å². The van der Waals surface area contributed by atoms with Gasteiger partial charge in [0.1, 0.15) is 0 Å². The first-order chi connectivity index (χ1) is 6.62. The zero-order valence-electron chi connectivity index (χ0n) is 6.99. The number of alkyl halides is 2. The van der Waals surface area contributed by atoms with Gasteiger partial charge >= 0.3 is 0 Å². The molecule has 84 valence electrons. The van der Waals surface area contributed by atoms with E-state index in [1.165, 1.54) is 6.07 Å². The molecule has 0 saturated carbocycles. The smallest absolute Gasteiger partial charge is 0.294 e. The lowest BCUT2D eigenvalue weighted by molar-refractivity contribution is 0.259. The maximum Gasteiger partial charge on any atom is 0.294 e. The van der Waals surface area contributed by atoms with Gasteiger partial charge in [-0.05, 0) is 50.7 Å². The molecule has 1 atom stereocenters. The molecule has 2 N–H and O–H groups in total. The van der Waals surface area contributed by atoms with Gasteiger partial charge in [-0.15, -0.1) is 0 Å². The maximum absolute atomic E-state index is 10.8. The average Bonchev–Trinajstić information content (AvgIpc) is 1.99. The van der Waals surface area contributed by atoms with Crippen molar-refractivity contribution >= 4 is 60.2 Å². The van der Waals surface area contributed by atoms with Crippen LogP contribution in [-0.2, 0) is 12.6 Å². The summed E-state index contributed by atoms with van der Waals surface area (Å²) in [7, 11) is -4.27. The maximum atomic E-state index is 10.8. The number of hydrogen-bond acceptors (Lipinski definition) is 3. The van der Waals surface area contributed by atoms with Gasteiger partial charge in [-0.3, -0.25) is 4.55 Å². The van der Waals surface area contributed by atoms with Crippen LogP contribution >= 0.6 is 50.1 Å². The van der Waals surface area contributed by atoms with E-state index in [0.29, 0.717) is 5.56 Å². The molecule has 1 unspecified atom stereocenters. The van der Waals surface area contributed by atoms with Crippen molar-refractivity contribution in [3.63, 3.8) is 0 Å². The molecule has 0 radical (unpaired) electrons. The molecule has 4 nitrogen and oxygen atoms in total. The van der Waals surface area contributed by atoms with E-state index in [-0.39, 0.29) is 9.92 Å². The average molecular weight is 427 g/mol. The predicted octanol–water partition coefficient (Wildman–Crippen LogP) is 2.52. The van der Waals surface area contributed by atoms with Crippen molar-refractivity contribution in [3.8, 4) is 0 Å². The van der Waals surface area contributed by atoms with Crippen molar-refractivity contribution in [3.05, 3.63) is 28.8 Å². The first-order valence-corrected chi connectivity index (χ1v) is 7.19. The normalized spacial score (nSPS) is 16.1. The molecular formula is C7H5BrClIO4S. The summed E-state index contributed by atoms with van der Waals surface area (Å²) in [4.78, 5) is -0.315. The van der Waals surface area contributed by atoms with Crippen molar-refractivity contribution in [2.45, 2.75) is 7.41 Å². The molecule has 0 saturated heterocycles. The minimum absolute atomic E-state index is 0.0406. The van der Waals surface area contributed by atoms with Crippen LogP contribution in [0.4, 0.5) is 0 Å². The third kappa shape index (κ3) is 3.53. The Morgan fingerprint density at radius 2 is 2.00 bits per heavy atom.